The van der Waals surface area contributed by atoms with Crippen LogP contribution in [-0.2, 0) is 11.8 Å². The summed E-state index contributed by atoms with van der Waals surface area (Å²) in [6, 6.07) is 13.1. The van der Waals surface area contributed by atoms with E-state index in [0.29, 0.717) is 23.8 Å². The number of carbonyl (C=O) groups is 1. The number of ether oxygens (including phenoxy) is 1. The number of aryl methyl sites for hydroxylation is 1. The zero-order chi connectivity index (χ0) is 19.8. The minimum atomic E-state index is -0.0510. The SMILES string of the molecule is C[C@@H]1CN(C(=O)c2cc(-c3cccn3C)nn2-c2ccc(Cl)cc2)C[C@H](C)O1. The van der Waals surface area contributed by atoms with E-state index in [0.717, 1.165) is 17.1 Å². The molecule has 0 spiro atoms. The summed E-state index contributed by atoms with van der Waals surface area (Å²) in [6.07, 6.45) is 1.97. The zero-order valence-corrected chi connectivity index (χ0v) is 16.9. The van der Waals surface area contributed by atoms with Gasteiger partial charge < -0.3 is 14.2 Å². The van der Waals surface area contributed by atoms with Crippen LogP contribution < -0.4 is 0 Å². The lowest BCUT2D eigenvalue weighted by atomic mass is 10.2. The molecule has 6 nitrogen and oxygen atoms in total. The number of hydrogen-bond donors (Lipinski definition) is 0. The molecule has 1 aliphatic heterocycles. The minimum Gasteiger partial charge on any atom is -0.372 e. The fourth-order valence-corrected chi connectivity index (χ4v) is 3.80. The van der Waals surface area contributed by atoms with Crippen molar-refractivity contribution in [1.29, 1.82) is 0 Å². The van der Waals surface area contributed by atoms with Crippen LogP contribution in [0.2, 0.25) is 5.02 Å². The van der Waals surface area contributed by atoms with Crippen LogP contribution in [0.15, 0.2) is 48.7 Å². The molecule has 2 atom stereocenters. The molecule has 1 amide bonds. The molecule has 0 bridgehead atoms. The molecule has 146 valence electrons. The van der Waals surface area contributed by atoms with E-state index in [1.807, 2.05) is 66.9 Å². The second kappa shape index (κ2) is 7.45. The molecule has 7 heteroatoms. The van der Waals surface area contributed by atoms with E-state index >= 15 is 0 Å². The van der Waals surface area contributed by atoms with Crippen LogP contribution >= 0.6 is 11.6 Å². The Hall–Kier alpha value is -2.57. The van der Waals surface area contributed by atoms with Gasteiger partial charge in [0.25, 0.3) is 5.91 Å². The zero-order valence-electron chi connectivity index (χ0n) is 16.2. The van der Waals surface area contributed by atoms with Crippen molar-refractivity contribution in [3.05, 3.63) is 59.4 Å². The number of benzene rings is 1. The van der Waals surface area contributed by atoms with Crippen LogP contribution in [0, 0.1) is 0 Å². The van der Waals surface area contributed by atoms with Gasteiger partial charge in [0.15, 0.2) is 0 Å². The lowest BCUT2D eigenvalue weighted by Gasteiger charge is -2.35. The second-order valence-electron chi connectivity index (χ2n) is 7.27. The van der Waals surface area contributed by atoms with E-state index in [1.165, 1.54) is 0 Å². The lowest BCUT2D eigenvalue weighted by Crippen LogP contribution is -2.48. The van der Waals surface area contributed by atoms with Crippen LogP contribution in [0.4, 0.5) is 0 Å². The van der Waals surface area contributed by atoms with E-state index < -0.39 is 0 Å². The summed E-state index contributed by atoms with van der Waals surface area (Å²) in [5, 5.41) is 5.38. The number of carbonyl (C=O) groups excluding carboxylic acids is 1. The fraction of sp³-hybridized carbons (Fsp3) is 0.333. The average Bonchev–Trinajstić information content (AvgIpc) is 3.27. The first-order valence-corrected chi connectivity index (χ1v) is 9.72. The van der Waals surface area contributed by atoms with Gasteiger partial charge in [-0.1, -0.05) is 11.6 Å². The monoisotopic (exact) mass is 398 g/mol. The first-order chi connectivity index (χ1) is 13.4. The molecule has 1 aromatic carbocycles. The van der Waals surface area contributed by atoms with Crippen molar-refractivity contribution >= 4 is 17.5 Å². The molecule has 3 heterocycles. The summed E-state index contributed by atoms with van der Waals surface area (Å²) in [7, 11) is 1.96. The molecule has 3 aromatic rings. The highest BCUT2D eigenvalue weighted by atomic mass is 35.5. The van der Waals surface area contributed by atoms with E-state index in [4.69, 9.17) is 21.4 Å². The van der Waals surface area contributed by atoms with Crippen molar-refractivity contribution in [2.75, 3.05) is 13.1 Å². The Labute approximate surface area is 169 Å². The van der Waals surface area contributed by atoms with Gasteiger partial charge >= 0.3 is 0 Å². The highest BCUT2D eigenvalue weighted by molar-refractivity contribution is 6.30. The Morgan fingerprint density at radius 3 is 2.43 bits per heavy atom. The molecule has 1 fully saturated rings. The summed E-state index contributed by atoms with van der Waals surface area (Å²) in [4.78, 5) is 15.2. The maximum Gasteiger partial charge on any atom is 0.272 e. The maximum atomic E-state index is 13.4. The minimum absolute atomic E-state index is 0.00643. The number of hydrogen-bond acceptors (Lipinski definition) is 3. The van der Waals surface area contributed by atoms with Gasteiger partial charge in [0.05, 0.1) is 23.6 Å². The molecule has 0 N–H and O–H groups in total. The number of amides is 1. The molecule has 1 saturated heterocycles. The Morgan fingerprint density at radius 2 is 1.82 bits per heavy atom. The quantitative estimate of drug-likeness (QED) is 0.674. The summed E-state index contributed by atoms with van der Waals surface area (Å²) in [5.74, 6) is -0.0510. The highest BCUT2D eigenvalue weighted by Crippen LogP contribution is 2.24. The Balaban J connectivity index is 1.78. The normalized spacial score (nSPS) is 19.8. The van der Waals surface area contributed by atoms with E-state index in [9.17, 15) is 4.79 Å². The summed E-state index contributed by atoms with van der Waals surface area (Å²) >= 11 is 6.04. The van der Waals surface area contributed by atoms with Crippen LogP contribution in [0.25, 0.3) is 17.1 Å². The molecule has 0 unspecified atom stereocenters. The number of nitrogens with zero attached hydrogens (tertiary/aromatic N) is 4. The summed E-state index contributed by atoms with van der Waals surface area (Å²) < 4.78 is 9.46. The first-order valence-electron chi connectivity index (χ1n) is 9.35. The van der Waals surface area contributed by atoms with Crippen molar-refractivity contribution in [1.82, 2.24) is 19.2 Å². The maximum absolute atomic E-state index is 13.4. The van der Waals surface area contributed by atoms with Crippen LogP contribution in [0.5, 0.6) is 0 Å². The predicted octanol–water partition coefficient (Wildman–Crippen LogP) is 3.78. The fourth-order valence-electron chi connectivity index (χ4n) is 3.67. The van der Waals surface area contributed by atoms with Gasteiger partial charge in [-0.2, -0.15) is 5.10 Å². The van der Waals surface area contributed by atoms with Gasteiger partial charge in [0, 0.05) is 31.4 Å². The van der Waals surface area contributed by atoms with Gasteiger partial charge in [-0.15, -0.1) is 0 Å². The molecule has 2 aromatic heterocycles. The Bertz CT molecular complexity index is 982. The van der Waals surface area contributed by atoms with E-state index in [-0.39, 0.29) is 18.1 Å². The number of halogens is 1. The molecule has 1 aliphatic rings. The van der Waals surface area contributed by atoms with E-state index in [1.54, 1.807) is 16.8 Å². The summed E-state index contributed by atoms with van der Waals surface area (Å²) in [5.41, 5.74) is 3.02. The van der Waals surface area contributed by atoms with Crippen molar-refractivity contribution in [3.8, 4) is 17.1 Å². The molecule has 0 saturated carbocycles. The molecule has 28 heavy (non-hydrogen) atoms. The number of aromatic nitrogens is 3. The van der Waals surface area contributed by atoms with Crippen molar-refractivity contribution < 1.29 is 9.53 Å². The molecule has 0 radical (unpaired) electrons. The second-order valence-corrected chi connectivity index (χ2v) is 7.71. The third-order valence-electron chi connectivity index (χ3n) is 4.91. The van der Waals surface area contributed by atoms with Gasteiger partial charge in [-0.25, -0.2) is 4.68 Å². The highest BCUT2D eigenvalue weighted by Gasteiger charge is 2.29. The largest absolute Gasteiger partial charge is 0.372 e. The van der Waals surface area contributed by atoms with Crippen LogP contribution in [0.1, 0.15) is 24.3 Å². The topological polar surface area (TPSA) is 52.3 Å². The van der Waals surface area contributed by atoms with Gasteiger partial charge in [-0.3, -0.25) is 4.79 Å². The molecular formula is C21H23ClN4O2. The Morgan fingerprint density at radius 1 is 1.14 bits per heavy atom. The Kier molecular flexibility index (Phi) is 5.00. The lowest BCUT2D eigenvalue weighted by molar-refractivity contribution is -0.0588. The third kappa shape index (κ3) is 3.57. The molecule has 4 rings (SSSR count). The van der Waals surface area contributed by atoms with Crippen molar-refractivity contribution in [2.45, 2.75) is 26.1 Å². The van der Waals surface area contributed by atoms with Gasteiger partial charge in [-0.05, 0) is 56.3 Å². The van der Waals surface area contributed by atoms with E-state index in [2.05, 4.69) is 0 Å². The standard InChI is InChI=1S/C21H23ClN4O2/c1-14-12-25(13-15(2)28-14)21(27)20-11-18(19-5-4-10-24(19)3)23-26(20)17-8-6-16(22)7-9-17/h4-11,14-15H,12-13H2,1-3H3/t14-,15+. The van der Waals surface area contributed by atoms with Gasteiger partial charge in [0.1, 0.15) is 11.4 Å². The number of morpholine rings is 1. The summed E-state index contributed by atoms with van der Waals surface area (Å²) in [6.45, 7) is 5.10. The van der Waals surface area contributed by atoms with Crippen LogP contribution in [0.3, 0.4) is 0 Å². The average molecular weight is 399 g/mol. The predicted molar refractivity (Wildman–Crippen MR) is 109 cm³/mol. The number of rotatable bonds is 3. The first kappa shape index (κ1) is 18.8. The molecule has 0 aliphatic carbocycles. The van der Waals surface area contributed by atoms with Crippen molar-refractivity contribution in [3.63, 3.8) is 0 Å². The van der Waals surface area contributed by atoms with Crippen molar-refractivity contribution in [2.24, 2.45) is 7.05 Å². The van der Waals surface area contributed by atoms with Crippen LogP contribution in [-0.4, -0.2) is 50.5 Å². The smallest absolute Gasteiger partial charge is 0.272 e. The molecular weight excluding hydrogens is 376 g/mol. The third-order valence-corrected chi connectivity index (χ3v) is 5.16. The van der Waals surface area contributed by atoms with Gasteiger partial charge in [0.2, 0.25) is 0 Å².